The molecule has 1 amide bonds. The number of nitrogens with one attached hydrogen (secondary N) is 2. The van der Waals surface area contributed by atoms with Crippen molar-refractivity contribution in [1.82, 2.24) is 15.5 Å². The van der Waals surface area contributed by atoms with E-state index in [-0.39, 0.29) is 0 Å². The third kappa shape index (κ3) is 6.11. The zero-order valence-electron chi connectivity index (χ0n) is 17.3. The first-order valence-electron chi connectivity index (χ1n) is 10.7. The van der Waals surface area contributed by atoms with Crippen LogP contribution >= 0.6 is 0 Å². The molecule has 0 spiro atoms. The van der Waals surface area contributed by atoms with Crippen molar-refractivity contribution in [3.63, 3.8) is 0 Å². The number of hydrogen-bond acceptors (Lipinski definition) is 5. The van der Waals surface area contributed by atoms with Crippen LogP contribution in [0.3, 0.4) is 0 Å². The molecule has 3 rings (SSSR count). The molecule has 1 aromatic carbocycles. The average molecular weight is 390 g/mol. The van der Waals surface area contributed by atoms with E-state index < -0.39 is 0 Å². The Labute approximate surface area is 169 Å². The highest BCUT2D eigenvalue weighted by atomic mass is 16.6. The highest BCUT2D eigenvalue weighted by Gasteiger charge is 2.17. The van der Waals surface area contributed by atoms with Crippen molar-refractivity contribution in [2.45, 2.75) is 45.6 Å². The van der Waals surface area contributed by atoms with Gasteiger partial charge in [-0.05, 0) is 56.3 Å². The fraction of sp³-hybridized carbons (Fsp3) is 0.682. The number of benzene rings is 1. The zero-order chi connectivity index (χ0) is 19.8. The lowest BCUT2D eigenvalue weighted by atomic mass is 9.94. The molecular formula is C22H35N3O3. The summed E-state index contributed by atoms with van der Waals surface area (Å²) in [5.41, 5.74) is 1.29. The van der Waals surface area contributed by atoms with Gasteiger partial charge in [-0.25, -0.2) is 0 Å². The Kier molecular flexibility index (Phi) is 7.98. The third-order valence-corrected chi connectivity index (χ3v) is 5.77. The number of amides is 1. The van der Waals surface area contributed by atoms with Gasteiger partial charge in [0, 0.05) is 38.6 Å². The second-order valence-electron chi connectivity index (χ2n) is 7.99. The van der Waals surface area contributed by atoms with E-state index in [2.05, 4.69) is 36.6 Å². The Morgan fingerprint density at radius 2 is 1.96 bits per heavy atom. The minimum Gasteiger partial charge on any atom is -0.486 e. The van der Waals surface area contributed by atoms with Crippen LogP contribution < -0.4 is 20.1 Å². The van der Waals surface area contributed by atoms with Crippen LogP contribution in [0.2, 0.25) is 0 Å². The minimum atomic E-state index is 0.291. The van der Waals surface area contributed by atoms with E-state index in [1.165, 1.54) is 5.56 Å². The smallest absolute Gasteiger partial charge is 0.223 e. The first-order valence-corrected chi connectivity index (χ1v) is 10.7. The molecule has 6 heteroatoms. The molecule has 6 nitrogen and oxygen atoms in total. The number of hydrogen-bond donors (Lipinski definition) is 2. The van der Waals surface area contributed by atoms with E-state index in [1.807, 2.05) is 11.0 Å². The predicted octanol–water partition coefficient (Wildman–Crippen LogP) is 2.22. The third-order valence-electron chi connectivity index (χ3n) is 5.77. The monoisotopic (exact) mass is 389 g/mol. The maximum Gasteiger partial charge on any atom is 0.223 e. The van der Waals surface area contributed by atoms with Crippen molar-refractivity contribution in [3.8, 4) is 11.5 Å². The second kappa shape index (κ2) is 10.7. The van der Waals surface area contributed by atoms with E-state index >= 15 is 0 Å². The standard InChI is InChI=1S/C22H35N3O3/c1-17(15-19-5-6-20-21(16-19)28-14-13-27-20)18(2)24-8-3-4-11-25-12-10-23-9-7-22(25)26/h5-6,16-18,23-24H,3-4,7-15H2,1-2H3. The Morgan fingerprint density at radius 3 is 2.82 bits per heavy atom. The highest BCUT2D eigenvalue weighted by molar-refractivity contribution is 5.76. The number of nitrogens with zero attached hydrogens (tertiary/aromatic N) is 1. The summed E-state index contributed by atoms with van der Waals surface area (Å²) < 4.78 is 11.3. The fourth-order valence-corrected chi connectivity index (χ4v) is 3.78. The molecule has 0 radical (unpaired) electrons. The van der Waals surface area contributed by atoms with E-state index in [0.717, 1.165) is 63.5 Å². The van der Waals surface area contributed by atoms with Crippen molar-refractivity contribution in [1.29, 1.82) is 0 Å². The number of fused-ring (bicyclic) bond motifs is 1. The summed E-state index contributed by atoms with van der Waals surface area (Å²) in [6.45, 7) is 10.2. The Morgan fingerprint density at radius 1 is 1.14 bits per heavy atom. The van der Waals surface area contributed by atoms with E-state index in [9.17, 15) is 4.79 Å². The van der Waals surface area contributed by atoms with Gasteiger partial charge in [0.25, 0.3) is 0 Å². The summed E-state index contributed by atoms with van der Waals surface area (Å²) in [5.74, 6) is 2.54. The summed E-state index contributed by atoms with van der Waals surface area (Å²) in [4.78, 5) is 14.0. The van der Waals surface area contributed by atoms with Gasteiger partial charge in [-0.1, -0.05) is 13.0 Å². The molecule has 2 heterocycles. The van der Waals surface area contributed by atoms with Gasteiger partial charge < -0.3 is 25.0 Å². The van der Waals surface area contributed by atoms with Crippen molar-refractivity contribution < 1.29 is 14.3 Å². The molecule has 2 aliphatic rings. The Hall–Kier alpha value is -1.79. The molecule has 2 aliphatic heterocycles. The van der Waals surface area contributed by atoms with Crippen LogP contribution in [0, 0.1) is 5.92 Å². The Bertz CT molecular complexity index is 637. The SMILES string of the molecule is CC(Cc1ccc2c(c1)OCCO2)C(C)NCCCCN1CCNCCC1=O. The molecule has 2 N–H and O–H groups in total. The summed E-state index contributed by atoms with van der Waals surface area (Å²) in [6, 6.07) is 6.72. The van der Waals surface area contributed by atoms with Gasteiger partial charge in [0.2, 0.25) is 5.91 Å². The topological polar surface area (TPSA) is 62.8 Å². The number of unbranched alkanes of at least 4 members (excludes halogenated alkanes) is 1. The lowest BCUT2D eigenvalue weighted by Crippen LogP contribution is -2.35. The molecule has 0 aliphatic carbocycles. The highest BCUT2D eigenvalue weighted by Crippen LogP contribution is 2.31. The molecule has 0 aromatic heterocycles. The van der Waals surface area contributed by atoms with Crippen molar-refractivity contribution in [2.75, 3.05) is 45.9 Å². The zero-order valence-corrected chi connectivity index (χ0v) is 17.3. The maximum atomic E-state index is 12.0. The summed E-state index contributed by atoms with van der Waals surface area (Å²) in [5, 5.41) is 6.94. The molecule has 2 atom stereocenters. The number of rotatable bonds is 9. The molecule has 1 fully saturated rings. The minimum absolute atomic E-state index is 0.291. The van der Waals surface area contributed by atoms with Gasteiger partial charge in [-0.2, -0.15) is 0 Å². The molecule has 28 heavy (non-hydrogen) atoms. The van der Waals surface area contributed by atoms with E-state index in [1.54, 1.807) is 0 Å². The van der Waals surface area contributed by atoms with Crippen molar-refractivity contribution in [3.05, 3.63) is 23.8 Å². The van der Waals surface area contributed by atoms with Crippen molar-refractivity contribution in [2.24, 2.45) is 5.92 Å². The number of ether oxygens (including phenoxy) is 2. The Balaban J connectivity index is 1.34. The van der Waals surface area contributed by atoms with Gasteiger partial charge in [0.15, 0.2) is 11.5 Å². The van der Waals surface area contributed by atoms with Gasteiger partial charge >= 0.3 is 0 Å². The number of carbonyl (C=O) groups is 1. The largest absolute Gasteiger partial charge is 0.486 e. The molecular weight excluding hydrogens is 354 g/mol. The lowest BCUT2D eigenvalue weighted by Gasteiger charge is -2.24. The molecule has 0 saturated carbocycles. The first kappa shape index (κ1) is 20.9. The van der Waals surface area contributed by atoms with Gasteiger partial charge in [-0.3, -0.25) is 4.79 Å². The summed E-state index contributed by atoms with van der Waals surface area (Å²) >= 11 is 0. The van der Waals surface area contributed by atoms with Crippen LogP contribution in [0.15, 0.2) is 18.2 Å². The van der Waals surface area contributed by atoms with Crippen LogP contribution in [0.5, 0.6) is 11.5 Å². The summed E-state index contributed by atoms with van der Waals surface area (Å²) in [7, 11) is 0. The first-order chi connectivity index (χ1) is 13.6. The normalized spacial score (nSPS) is 19.2. The van der Waals surface area contributed by atoms with Gasteiger partial charge in [0.1, 0.15) is 13.2 Å². The lowest BCUT2D eigenvalue weighted by molar-refractivity contribution is -0.130. The molecule has 0 bridgehead atoms. The summed E-state index contributed by atoms with van der Waals surface area (Å²) in [6.07, 6.45) is 3.80. The van der Waals surface area contributed by atoms with Crippen LogP contribution in [-0.4, -0.2) is 62.8 Å². The molecule has 1 saturated heterocycles. The quantitative estimate of drug-likeness (QED) is 0.634. The van der Waals surface area contributed by atoms with Crippen LogP contribution in [0.25, 0.3) is 0 Å². The maximum absolute atomic E-state index is 12.0. The van der Waals surface area contributed by atoms with Crippen LogP contribution in [-0.2, 0) is 11.2 Å². The van der Waals surface area contributed by atoms with E-state index in [4.69, 9.17) is 9.47 Å². The molecule has 156 valence electrons. The predicted molar refractivity (Wildman–Crippen MR) is 111 cm³/mol. The van der Waals surface area contributed by atoms with Crippen LogP contribution in [0.1, 0.15) is 38.7 Å². The van der Waals surface area contributed by atoms with Gasteiger partial charge in [-0.15, -0.1) is 0 Å². The van der Waals surface area contributed by atoms with Gasteiger partial charge in [0.05, 0.1) is 0 Å². The second-order valence-corrected chi connectivity index (χ2v) is 7.99. The number of carbonyl (C=O) groups excluding carboxylic acids is 1. The fourth-order valence-electron chi connectivity index (χ4n) is 3.78. The van der Waals surface area contributed by atoms with Crippen LogP contribution in [0.4, 0.5) is 0 Å². The van der Waals surface area contributed by atoms with E-state index in [0.29, 0.717) is 37.5 Å². The van der Waals surface area contributed by atoms with Crippen molar-refractivity contribution >= 4 is 5.91 Å². The average Bonchev–Trinajstić information content (AvgIpc) is 2.91. The molecule has 1 aromatic rings. The molecule has 2 unspecified atom stereocenters.